The molecule has 182 valence electrons. The van der Waals surface area contributed by atoms with E-state index in [0.29, 0.717) is 28.8 Å². The number of rotatable bonds is 7. The lowest BCUT2D eigenvalue weighted by Crippen LogP contribution is -2.43. The highest BCUT2D eigenvalue weighted by molar-refractivity contribution is 6.30. The Balaban J connectivity index is 1.38. The molecule has 2 aliphatic rings. The summed E-state index contributed by atoms with van der Waals surface area (Å²) in [6.45, 7) is 0. The Morgan fingerprint density at radius 1 is 1.08 bits per heavy atom. The molecule has 2 fully saturated rings. The molecular formula is C25H20ClFN6O3. The quantitative estimate of drug-likeness (QED) is 0.381. The Bertz CT molecular complexity index is 1570. The van der Waals surface area contributed by atoms with Gasteiger partial charge in [0.05, 0.1) is 10.6 Å². The molecule has 1 N–H and O–H groups in total. The highest BCUT2D eigenvalue weighted by atomic mass is 35.5. The Kier molecular flexibility index (Phi) is 5.40. The van der Waals surface area contributed by atoms with E-state index in [9.17, 15) is 18.8 Å². The number of hydrogen-bond acceptors (Lipinski definition) is 6. The summed E-state index contributed by atoms with van der Waals surface area (Å²) >= 11 is 5.77. The minimum absolute atomic E-state index is 0.0647. The lowest BCUT2D eigenvalue weighted by Gasteiger charge is -2.20. The first-order valence-electron chi connectivity index (χ1n) is 11.6. The van der Waals surface area contributed by atoms with Gasteiger partial charge in [-0.25, -0.2) is 19.2 Å². The predicted octanol–water partition coefficient (Wildman–Crippen LogP) is 3.80. The molecule has 0 saturated heterocycles. The van der Waals surface area contributed by atoms with E-state index in [1.54, 1.807) is 6.07 Å². The molecule has 9 nitrogen and oxygen atoms in total. The molecule has 1 atom stereocenters. The Morgan fingerprint density at radius 2 is 1.83 bits per heavy atom. The van der Waals surface area contributed by atoms with Crippen LogP contribution in [0, 0.1) is 5.82 Å². The monoisotopic (exact) mass is 506 g/mol. The van der Waals surface area contributed by atoms with Gasteiger partial charge in [-0.2, -0.15) is 4.98 Å². The predicted molar refractivity (Wildman–Crippen MR) is 129 cm³/mol. The summed E-state index contributed by atoms with van der Waals surface area (Å²) in [7, 11) is 0. The van der Waals surface area contributed by atoms with Gasteiger partial charge in [0.25, 0.3) is 5.91 Å². The maximum Gasteiger partial charge on any atom is 0.351 e. The molecule has 0 spiro atoms. The number of carbonyl (C=O) groups excluding carboxylic acids is 2. The van der Waals surface area contributed by atoms with Crippen LogP contribution in [-0.2, 0) is 0 Å². The first-order chi connectivity index (χ1) is 17.4. The van der Waals surface area contributed by atoms with Crippen LogP contribution in [0.4, 0.5) is 4.39 Å². The van der Waals surface area contributed by atoms with Gasteiger partial charge in [-0.15, -0.1) is 0 Å². The van der Waals surface area contributed by atoms with E-state index >= 15 is 0 Å². The van der Waals surface area contributed by atoms with Crippen molar-refractivity contribution in [2.45, 2.75) is 43.8 Å². The Labute approximate surface area is 209 Å². The molecule has 11 heteroatoms. The fourth-order valence-electron chi connectivity index (χ4n) is 4.15. The Hall–Kier alpha value is -3.92. The van der Waals surface area contributed by atoms with E-state index in [1.165, 1.54) is 30.7 Å². The molecular weight excluding hydrogens is 487 g/mol. The van der Waals surface area contributed by atoms with Gasteiger partial charge in [0.2, 0.25) is 5.78 Å². The third kappa shape index (κ3) is 4.17. The second-order valence-corrected chi connectivity index (χ2v) is 9.54. The molecule has 36 heavy (non-hydrogen) atoms. The molecule has 2 saturated carbocycles. The molecule has 4 aromatic rings. The minimum atomic E-state index is -1.49. The number of benzene rings is 1. The summed E-state index contributed by atoms with van der Waals surface area (Å²) in [5.41, 5.74) is -0.152. The summed E-state index contributed by atoms with van der Waals surface area (Å²) in [4.78, 5) is 52.3. The van der Waals surface area contributed by atoms with Crippen LogP contribution in [0.5, 0.6) is 0 Å². The van der Waals surface area contributed by atoms with Crippen molar-refractivity contribution >= 4 is 34.3 Å². The first-order valence-corrected chi connectivity index (χ1v) is 12.0. The second kappa shape index (κ2) is 8.63. The molecule has 1 unspecified atom stereocenters. The molecule has 1 aromatic carbocycles. The van der Waals surface area contributed by atoms with Gasteiger partial charge < -0.3 is 9.88 Å². The van der Waals surface area contributed by atoms with Crippen LogP contribution in [0.15, 0.2) is 53.8 Å². The molecule has 0 aliphatic heterocycles. The van der Waals surface area contributed by atoms with Crippen LogP contribution >= 0.6 is 11.6 Å². The van der Waals surface area contributed by atoms with Crippen molar-refractivity contribution in [1.82, 2.24) is 29.4 Å². The number of nitrogens with one attached hydrogen (secondary N) is 1. The maximum atomic E-state index is 14.1. The van der Waals surface area contributed by atoms with Gasteiger partial charge in [0, 0.05) is 47.7 Å². The van der Waals surface area contributed by atoms with Gasteiger partial charge in [-0.1, -0.05) is 11.6 Å². The smallest absolute Gasteiger partial charge is 0.329 e. The zero-order valence-electron chi connectivity index (χ0n) is 18.9. The van der Waals surface area contributed by atoms with Crippen LogP contribution in [0.2, 0.25) is 5.02 Å². The van der Waals surface area contributed by atoms with Crippen molar-refractivity contribution in [3.8, 4) is 0 Å². The number of amides is 1. The molecule has 1 amide bonds. The van der Waals surface area contributed by atoms with Crippen LogP contribution in [0.1, 0.15) is 70.3 Å². The van der Waals surface area contributed by atoms with Gasteiger partial charge >= 0.3 is 5.69 Å². The SMILES string of the molecule is O=C(NC(C(=O)c1ccc(Cl)c(F)c1)n1cc2ccn(C3CC3)c2nc1=O)c1cnc(C2CC2)nc1. The fraction of sp³-hybridized carbons (Fsp3) is 0.280. The van der Waals surface area contributed by atoms with E-state index in [4.69, 9.17) is 11.6 Å². The molecule has 6 rings (SSSR count). The Morgan fingerprint density at radius 3 is 2.50 bits per heavy atom. The normalized spacial score (nSPS) is 16.2. The van der Waals surface area contributed by atoms with E-state index in [-0.39, 0.29) is 16.1 Å². The number of aromatic nitrogens is 5. The zero-order valence-corrected chi connectivity index (χ0v) is 19.7. The summed E-state index contributed by atoms with van der Waals surface area (Å²) in [5, 5.41) is 3.07. The van der Waals surface area contributed by atoms with Crippen LogP contribution in [0.25, 0.3) is 11.0 Å². The van der Waals surface area contributed by atoms with E-state index in [0.717, 1.165) is 36.3 Å². The van der Waals surface area contributed by atoms with Crippen molar-refractivity contribution < 1.29 is 14.0 Å². The number of Topliss-reactive ketones (excluding diaryl/α,β-unsaturated/α-hetero) is 1. The summed E-state index contributed by atoms with van der Waals surface area (Å²) in [6, 6.07) is 5.65. The number of halogens is 2. The lowest BCUT2D eigenvalue weighted by molar-refractivity contribution is 0.0812. The average molecular weight is 507 g/mol. The lowest BCUT2D eigenvalue weighted by atomic mass is 10.1. The van der Waals surface area contributed by atoms with Gasteiger partial charge in [0.1, 0.15) is 17.3 Å². The summed E-state index contributed by atoms with van der Waals surface area (Å²) < 4.78 is 17.1. The molecule has 2 aliphatic carbocycles. The van der Waals surface area contributed by atoms with Gasteiger partial charge in [-0.05, 0) is 49.9 Å². The van der Waals surface area contributed by atoms with Gasteiger partial charge in [-0.3, -0.25) is 14.2 Å². The molecule has 3 heterocycles. The average Bonchev–Trinajstić information content (AvgIpc) is 3.81. The number of nitrogens with zero attached hydrogens (tertiary/aromatic N) is 5. The van der Waals surface area contributed by atoms with Gasteiger partial charge in [0.15, 0.2) is 6.17 Å². The van der Waals surface area contributed by atoms with Crippen molar-refractivity contribution in [2.24, 2.45) is 0 Å². The van der Waals surface area contributed by atoms with Crippen LogP contribution < -0.4 is 11.0 Å². The number of fused-ring (bicyclic) bond motifs is 1. The number of carbonyl (C=O) groups is 2. The zero-order chi connectivity index (χ0) is 25.0. The summed E-state index contributed by atoms with van der Waals surface area (Å²) in [6.07, 6.45) is 8.66. The first kappa shape index (κ1) is 22.5. The minimum Gasteiger partial charge on any atom is -0.329 e. The van der Waals surface area contributed by atoms with E-state index < -0.39 is 29.4 Å². The topological polar surface area (TPSA) is 112 Å². The van der Waals surface area contributed by atoms with Crippen LogP contribution in [-0.4, -0.2) is 35.8 Å². The number of ketones is 1. The molecule has 3 aromatic heterocycles. The standard InChI is InChI=1S/C25H20ClFN6O3/c26-18-6-3-14(9-19(18)27)20(34)23(30-24(35)16-10-28-21(29-11-16)13-1-2-13)33-12-15-7-8-32(17-4-5-17)22(15)31-25(33)36/h3,6-13,17,23H,1-2,4-5H2,(H,30,35). The van der Waals surface area contributed by atoms with Crippen molar-refractivity contribution in [3.05, 3.63) is 87.3 Å². The highest BCUT2D eigenvalue weighted by Crippen LogP contribution is 2.38. The van der Waals surface area contributed by atoms with Crippen LogP contribution in [0.3, 0.4) is 0 Å². The van der Waals surface area contributed by atoms with Crippen molar-refractivity contribution in [2.75, 3.05) is 0 Å². The fourth-order valence-corrected chi connectivity index (χ4v) is 4.26. The largest absolute Gasteiger partial charge is 0.351 e. The molecule has 0 radical (unpaired) electrons. The maximum absolute atomic E-state index is 14.1. The van der Waals surface area contributed by atoms with Crippen molar-refractivity contribution in [3.63, 3.8) is 0 Å². The highest BCUT2D eigenvalue weighted by Gasteiger charge is 2.30. The second-order valence-electron chi connectivity index (χ2n) is 9.14. The van der Waals surface area contributed by atoms with Crippen molar-refractivity contribution in [1.29, 1.82) is 0 Å². The van der Waals surface area contributed by atoms with E-state index in [2.05, 4.69) is 20.3 Å². The third-order valence-electron chi connectivity index (χ3n) is 6.43. The molecule has 0 bridgehead atoms. The number of hydrogen-bond donors (Lipinski definition) is 1. The van der Waals surface area contributed by atoms with E-state index in [1.807, 2.05) is 10.8 Å². The third-order valence-corrected chi connectivity index (χ3v) is 6.74. The summed E-state index contributed by atoms with van der Waals surface area (Å²) in [5.74, 6) is -1.18.